The van der Waals surface area contributed by atoms with Crippen molar-refractivity contribution < 1.29 is 9.53 Å². The van der Waals surface area contributed by atoms with Gasteiger partial charge in [0.15, 0.2) is 0 Å². The van der Waals surface area contributed by atoms with Gasteiger partial charge in [0.25, 0.3) is 5.91 Å². The maximum Gasteiger partial charge on any atom is 0.253 e. The molecule has 0 aliphatic carbocycles. The van der Waals surface area contributed by atoms with Gasteiger partial charge in [0.05, 0.1) is 28.2 Å². The third-order valence-corrected chi connectivity index (χ3v) is 7.57. The maximum absolute atomic E-state index is 12.6. The van der Waals surface area contributed by atoms with Gasteiger partial charge in [-0.05, 0) is 60.7 Å². The van der Waals surface area contributed by atoms with Gasteiger partial charge in [-0.25, -0.2) is 0 Å². The van der Waals surface area contributed by atoms with Crippen LogP contribution < -0.4 is 10.2 Å². The quantitative estimate of drug-likeness (QED) is 0.160. The first-order valence-electron chi connectivity index (χ1n) is 12.1. The standard InChI is InChI=1S/C28H33N5O2Si/c1-29-28(34)24-10-5-6-11-27(24)33(20-35-17-18-36(2,3)4)22-13-14-23-25(31-32-26(23)19-22)15-12-21-9-7-8-16-30-21/h5-16,19H,17-18,20H2,1-4H3,(H,29,34)(H,31,32). The topological polar surface area (TPSA) is 83.1 Å². The number of ether oxygens (including phenoxy) is 1. The van der Waals surface area contributed by atoms with Crippen LogP contribution in [0.2, 0.25) is 25.7 Å². The summed E-state index contributed by atoms with van der Waals surface area (Å²) in [5.41, 5.74) is 4.91. The van der Waals surface area contributed by atoms with Crippen molar-refractivity contribution in [3.8, 4) is 0 Å². The molecular weight excluding hydrogens is 466 g/mol. The third kappa shape index (κ3) is 6.27. The number of para-hydroxylation sites is 1. The fourth-order valence-electron chi connectivity index (χ4n) is 3.82. The van der Waals surface area contributed by atoms with Crippen molar-refractivity contribution in [1.29, 1.82) is 0 Å². The summed E-state index contributed by atoms with van der Waals surface area (Å²) in [6.07, 6.45) is 5.67. The molecule has 1 amide bonds. The number of aromatic nitrogens is 3. The van der Waals surface area contributed by atoms with E-state index in [1.807, 2.05) is 77.7 Å². The molecule has 4 aromatic rings. The van der Waals surface area contributed by atoms with Crippen LogP contribution in [0.15, 0.2) is 66.9 Å². The number of carbonyl (C=O) groups is 1. The van der Waals surface area contributed by atoms with Crippen molar-refractivity contribution in [3.63, 3.8) is 0 Å². The van der Waals surface area contributed by atoms with Gasteiger partial charge in [0.1, 0.15) is 6.73 Å². The minimum Gasteiger partial charge on any atom is -0.361 e. The van der Waals surface area contributed by atoms with E-state index in [2.05, 4.69) is 40.1 Å². The summed E-state index contributed by atoms with van der Waals surface area (Å²) in [5, 5.41) is 11.4. The molecule has 2 N–H and O–H groups in total. The number of anilines is 2. The number of pyridine rings is 1. The Hall–Kier alpha value is -3.75. The number of H-pyrrole nitrogens is 1. The lowest BCUT2D eigenvalue weighted by Gasteiger charge is -2.27. The number of carbonyl (C=O) groups excluding carboxylic acids is 1. The van der Waals surface area contributed by atoms with Crippen molar-refractivity contribution in [2.45, 2.75) is 25.7 Å². The third-order valence-electron chi connectivity index (χ3n) is 5.87. The number of hydrogen-bond donors (Lipinski definition) is 2. The summed E-state index contributed by atoms with van der Waals surface area (Å²) < 4.78 is 6.14. The maximum atomic E-state index is 12.6. The molecule has 0 saturated heterocycles. The van der Waals surface area contributed by atoms with Gasteiger partial charge < -0.3 is 15.0 Å². The second kappa shape index (κ2) is 11.3. The molecule has 36 heavy (non-hydrogen) atoms. The number of nitrogens with one attached hydrogen (secondary N) is 2. The summed E-state index contributed by atoms with van der Waals surface area (Å²) in [5.74, 6) is -0.137. The van der Waals surface area contributed by atoms with Gasteiger partial charge in [-0.2, -0.15) is 5.10 Å². The predicted molar refractivity (Wildman–Crippen MR) is 150 cm³/mol. The Kier molecular flexibility index (Phi) is 7.97. The summed E-state index contributed by atoms with van der Waals surface area (Å²) in [7, 11) is 0.423. The second-order valence-corrected chi connectivity index (χ2v) is 15.4. The molecule has 2 aromatic heterocycles. The number of nitrogens with zero attached hydrogens (tertiary/aromatic N) is 3. The summed E-state index contributed by atoms with van der Waals surface area (Å²) in [4.78, 5) is 19.0. The van der Waals surface area contributed by atoms with Crippen LogP contribution in [0.1, 0.15) is 21.7 Å². The molecule has 0 aliphatic heterocycles. The highest BCUT2D eigenvalue weighted by Crippen LogP contribution is 2.32. The molecule has 0 fully saturated rings. The molecule has 4 rings (SSSR count). The van der Waals surface area contributed by atoms with Crippen molar-refractivity contribution in [3.05, 3.63) is 83.8 Å². The summed E-state index contributed by atoms with van der Waals surface area (Å²) in [6.45, 7) is 8.02. The van der Waals surface area contributed by atoms with E-state index in [1.54, 1.807) is 13.2 Å². The van der Waals surface area contributed by atoms with E-state index in [9.17, 15) is 4.79 Å². The second-order valence-electron chi connectivity index (χ2n) is 9.80. The average Bonchev–Trinajstić information content (AvgIpc) is 3.29. The van der Waals surface area contributed by atoms with Gasteiger partial charge in [-0.3, -0.25) is 14.9 Å². The highest BCUT2D eigenvalue weighted by molar-refractivity contribution is 6.76. The summed E-state index contributed by atoms with van der Waals surface area (Å²) >= 11 is 0. The van der Waals surface area contributed by atoms with Crippen molar-refractivity contribution >= 4 is 48.4 Å². The monoisotopic (exact) mass is 499 g/mol. The highest BCUT2D eigenvalue weighted by Gasteiger charge is 2.19. The van der Waals surface area contributed by atoms with Gasteiger partial charge in [-0.1, -0.05) is 37.8 Å². The molecule has 0 spiro atoms. The summed E-state index contributed by atoms with van der Waals surface area (Å²) in [6, 6.07) is 20.6. The number of fused-ring (bicyclic) bond motifs is 1. The minimum absolute atomic E-state index is 0.137. The lowest BCUT2D eigenvalue weighted by Crippen LogP contribution is -2.28. The molecule has 0 unspecified atom stereocenters. The molecular formula is C28H33N5O2Si. The molecule has 2 heterocycles. The van der Waals surface area contributed by atoms with Crippen molar-refractivity contribution in [2.24, 2.45) is 0 Å². The Bertz CT molecular complexity index is 1350. The van der Waals surface area contributed by atoms with Gasteiger partial charge in [0, 0.05) is 39.0 Å². The molecule has 7 nitrogen and oxygen atoms in total. The van der Waals surface area contributed by atoms with Crippen LogP contribution in [-0.4, -0.2) is 49.5 Å². The van der Waals surface area contributed by atoms with Crippen LogP contribution in [0.25, 0.3) is 23.1 Å². The molecule has 2 aromatic carbocycles. The SMILES string of the molecule is CNC(=O)c1ccccc1N(COCC[Si](C)(C)C)c1ccc2c(C=Cc3ccccn3)n[nH]c2c1. The molecule has 0 atom stereocenters. The number of amides is 1. The van der Waals surface area contributed by atoms with Gasteiger partial charge >= 0.3 is 0 Å². The lowest BCUT2D eigenvalue weighted by atomic mass is 10.1. The molecule has 0 aliphatic rings. The predicted octanol–water partition coefficient (Wildman–Crippen LogP) is 5.94. The highest BCUT2D eigenvalue weighted by atomic mass is 28.3. The average molecular weight is 500 g/mol. The number of aromatic amines is 1. The van der Waals surface area contributed by atoms with E-state index < -0.39 is 8.07 Å². The number of benzene rings is 2. The van der Waals surface area contributed by atoms with E-state index in [4.69, 9.17) is 4.74 Å². The van der Waals surface area contributed by atoms with Crippen LogP contribution in [0, 0.1) is 0 Å². The van der Waals surface area contributed by atoms with Crippen molar-refractivity contribution in [1.82, 2.24) is 20.5 Å². The Labute approximate surface area is 213 Å². The van der Waals surface area contributed by atoms with Crippen LogP contribution in [0.5, 0.6) is 0 Å². The van der Waals surface area contributed by atoms with Crippen LogP contribution in [0.3, 0.4) is 0 Å². The zero-order valence-electron chi connectivity index (χ0n) is 21.3. The Balaban J connectivity index is 1.66. The van der Waals surface area contributed by atoms with Crippen LogP contribution >= 0.6 is 0 Å². The van der Waals surface area contributed by atoms with Gasteiger partial charge in [0.2, 0.25) is 0 Å². The molecule has 0 saturated carbocycles. The van der Waals surface area contributed by atoms with E-state index in [0.29, 0.717) is 18.9 Å². The van der Waals surface area contributed by atoms with Crippen molar-refractivity contribution in [2.75, 3.05) is 25.3 Å². The zero-order valence-corrected chi connectivity index (χ0v) is 22.3. The number of rotatable bonds is 10. The Morgan fingerprint density at radius 2 is 1.89 bits per heavy atom. The molecule has 8 heteroatoms. The first kappa shape index (κ1) is 25.3. The van der Waals surface area contributed by atoms with E-state index >= 15 is 0 Å². The normalized spacial score (nSPS) is 11.8. The Morgan fingerprint density at radius 1 is 1.08 bits per heavy atom. The Morgan fingerprint density at radius 3 is 2.64 bits per heavy atom. The smallest absolute Gasteiger partial charge is 0.253 e. The molecule has 0 radical (unpaired) electrons. The lowest BCUT2D eigenvalue weighted by molar-refractivity contribution is 0.0963. The van der Waals surface area contributed by atoms with Crippen LogP contribution in [0.4, 0.5) is 11.4 Å². The minimum atomic E-state index is -1.22. The molecule has 186 valence electrons. The van der Waals surface area contributed by atoms with Gasteiger partial charge in [-0.15, -0.1) is 0 Å². The zero-order chi connectivity index (χ0) is 25.5. The van der Waals surface area contributed by atoms with E-state index in [1.165, 1.54) is 0 Å². The van der Waals surface area contributed by atoms with E-state index in [-0.39, 0.29) is 5.91 Å². The fourth-order valence-corrected chi connectivity index (χ4v) is 4.57. The number of hydrogen-bond acceptors (Lipinski definition) is 5. The first-order valence-corrected chi connectivity index (χ1v) is 15.8. The van der Waals surface area contributed by atoms with E-state index in [0.717, 1.165) is 39.7 Å². The fraction of sp³-hybridized carbons (Fsp3) is 0.250. The van der Waals surface area contributed by atoms with Crippen LogP contribution in [-0.2, 0) is 4.74 Å². The molecule has 0 bridgehead atoms. The largest absolute Gasteiger partial charge is 0.361 e. The first-order chi connectivity index (χ1) is 17.4.